The number of nitrogens with zero attached hydrogens (tertiary/aromatic N) is 3. The SMILES string of the molecule is CCOCCn1c(=O)n(CC(C)C)c(=O)c2c(C)c(CN3CCNC3=S)sc21. The van der Waals surface area contributed by atoms with Crippen molar-refractivity contribution in [2.45, 2.75) is 47.3 Å². The van der Waals surface area contributed by atoms with Gasteiger partial charge in [-0.1, -0.05) is 13.8 Å². The topological polar surface area (TPSA) is 68.5 Å². The van der Waals surface area contributed by atoms with E-state index in [1.165, 1.54) is 15.9 Å². The van der Waals surface area contributed by atoms with E-state index in [1.54, 1.807) is 4.57 Å². The molecule has 3 rings (SSSR count). The van der Waals surface area contributed by atoms with Crippen LogP contribution in [0.1, 0.15) is 31.2 Å². The lowest BCUT2D eigenvalue weighted by molar-refractivity contribution is 0.138. The molecule has 0 aromatic carbocycles. The zero-order valence-corrected chi connectivity index (χ0v) is 18.5. The van der Waals surface area contributed by atoms with Crippen LogP contribution in [0.25, 0.3) is 10.2 Å². The highest BCUT2D eigenvalue weighted by molar-refractivity contribution is 7.80. The fourth-order valence-electron chi connectivity index (χ4n) is 3.45. The molecule has 28 heavy (non-hydrogen) atoms. The maximum Gasteiger partial charge on any atom is 0.332 e. The third kappa shape index (κ3) is 4.01. The Morgan fingerprint density at radius 3 is 2.64 bits per heavy atom. The third-order valence-corrected chi connectivity index (χ3v) is 6.59. The maximum atomic E-state index is 13.2. The Balaban J connectivity index is 2.14. The predicted octanol–water partition coefficient (Wildman–Crippen LogP) is 1.92. The van der Waals surface area contributed by atoms with Gasteiger partial charge in [0.15, 0.2) is 5.11 Å². The number of hydrogen-bond acceptors (Lipinski definition) is 5. The molecule has 1 saturated heterocycles. The fraction of sp³-hybridized carbons (Fsp3) is 0.632. The number of rotatable bonds is 8. The van der Waals surface area contributed by atoms with Crippen molar-refractivity contribution < 1.29 is 4.74 Å². The first kappa shape index (κ1) is 21.0. The Morgan fingerprint density at radius 1 is 1.29 bits per heavy atom. The largest absolute Gasteiger partial charge is 0.380 e. The van der Waals surface area contributed by atoms with Gasteiger partial charge in [0.05, 0.1) is 25.1 Å². The van der Waals surface area contributed by atoms with Gasteiger partial charge < -0.3 is 15.0 Å². The second-order valence-corrected chi connectivity index (χ2v) is 8.89. The van der Waals surface area contributed by atoms with E-state index in [4.69, 9.17) is 17.0 Å². The van der Waals surface area contributed by atoms with Crippen LogP contribution in [0.5, 0.6) is 0 Å². The van der Waals surface area contributed by atoms with Crippen molar-refractivity contribution >= 4 is 38.9 Å². The van der Waals surface area contributed by atoms with Gasteiger partial charge in [0, 0.05) is 31.1 Å². The van der Waals surface area contributed by atoms with Crippen molar-refractivity contribution in [3.8, 4) is 0 Å². The molecule has 0 atom stereocenters. The molecule has 154 valence electrons. The molecule has 0 bridgehead atoms. The van der Waals surface area contributed by atoms with Crippen LogP contribution < -0.4 is 16.6 Å². The smallest absolute Gasteiger partial charge is 0.332 e. The zero-order valence-electron chi connectivity index (χ0n) is 16.9. The van der Waals surface area contributed by atoms with Gasteiger partial charge in [-0.2, -0.15) is 0 Å². The highest BCUT2D eigenvalue weighted by Gasteiger charge is 2.23. The number of fused-ring (bicyclic) bond motifs is 1. The molecule has 0 saturated carbocycles. The summed E-state index contributed by atoms with van der Waals surface area (Å²) in [5.74, 6) is 0.203. The number of aromatic nitrogens is 2. The van der Waals surface area contributed by atoms with Crippen LogP contribution >= 0.6 is 23.6 Å². The minimum absolute atomic E-state index is 0.191. The van der Waals surface area contributed by atoms with Crippen molar-refractivity contribution in [3.63, 3.8) is 0 Å². The Bertz CT molecular complexity index is 990. The number of thiophene rings is 1. The Labute approximate surface area is 173 Å². The van der Waals surface area contributed by atoms with E-state index < -0.39 is 0 Å². The summed E-state index contributed by atoms with van der Waals surface area (Å²) in [6, 6.07) is 0. The average Bonchev–Trinajstić information content (AvgIpc) is 3.19. The Morgan fingerprint density at radius 2 is 2.04 bits per heavy atom. The van der Waals surface area contributed by atoms with Crippen molar-refractivity contribution in [1.82, 2.24) is 19.4 Å². The Hall–Kier alpha value is -1.71. The molecule has 1 aliphatic rings. The van der Waals surface area contributed by atoms with Crippen LogP contribution in [0.4, 0.5) is 0 Å². The van der Waals surface area contributed by atoms with Crippen molar-refractivity contribution in [2.75, 3.05) is 26.3 Å². The molecule has 1 aliphatic heterocycles. The first-order valence-corrected chi connectivity index (χ1v) is 10.9. The maximum absolute atomic E-state index is 13.2. The lowest BCUT2D eigenvalue weighted by Gasteiger charge is -2.15. The Kier molecular flexibility index (Phi) is 6.57. The van der Waals surface area contributed by atoms with Crippen LogP contribution in [0, 0.1) is 12.8 Å². The summed E-state index contributed by atoms with van der Waals surface area (Å²) in [7, 11) is 0. The summed E-state index contributed by atoms with van der Waals surface area (Å²) in [6.45, 7) is 12.1. The normalized spacial score (nSPS) is 14.5. The van der Waals surface area contributed by atoms with E-state index in [2.05, 4.69) is 10.2 Å². The highest BCUT2D eigenvalue weighted by atomic mass is 32.1. The number of ether oxygens (including phenoxy) is 1. The van der Waals surface area contributed by atoms with Gasteiger partial charge in [0.1, 0.15) is 4.83 Å². The highest BCUT2D eigenvalue weighted by Crippen LogP contribution is 2.29. The van der Waals surface area contributed by atoms with Crippen molar-refractivity contribution in [3.05, 3.63) is 31.3 Å². The van der Waals surface area contributed by atoms with Gasteiger partial charge in [0.25, 0.3) is 5.56 Å². The molecular formula is C19H28N4O3S2. The quantitative estimate of drug-likeness (QED) is 0.516. The van der Waals surface area contributed by atoms with E-state index in [-0.39, 0.29) is 17.2 Å². The number of thiocarbonyl (C=S) groups is 1. The standard InChI is InChI=1S/C19H28N4O3S2/c1-5-26-9-8-22-17-15(16(24)23(19(22)25)10-12(2)3)13(4)14(28-17)11-21-7-6-20-18(21)27/h12H,5-11H2,1-4H3,(H,20,27). The van der Waals surface area contributed by atoms with Crippen molar-refractivity contribution in [1.29, 1.82) is 0 Å². The zero-order chi connectivity index (χ0) is 20.4. The second-order valence-electron chi connectivity index (χ2n) is 7.42. The monoisotopic (exact) mass is 424 g/mol. The molecule has 2 aromatic heterocycles. The van der Waals surface area contributed by atoms with Crippen LogP contribution in [-0.2, 0) is 24.4 Å². The summed E-state index contributed by atoms with van der Waals surface area (Å²) < 4.78 is 8.56. The van der Waals surface area contributed by atoms with Gasteiger partial charge in [-0.15, -0.1) is 11.3 Å². The molecule has 0 aliphatic carbocycles. The van der Waals surface area contributed by atoms with Gasteiger partial charge in [0.2, 0.25) is 0 Å². The van der Waals surface area contributed by atoms with E-state index in [9.17, 15) is 9.59 Å². The van der Waals surface area contributed by atoms with Crippen LogP contribution in [0.3, 0.4) is 0 Å². The summed E-state index contributed by atoms with van der Waals surface area (Å²) in [4.78, 5) is 30.2. The van der Waals surface area contributed by atoms with Crippen LogP contribution in [-0.4, -0.2) is 45.4 Å². The van der Waals surface area contributed by atoms with E-state index in [1.807, 2.05) is 27.7 Å². The first-order valence-electron chi connectivity index (χ1n) is 9.71. The molecule has 9 heteroatoms. The molecule has 1 N–H and O–H groups in total. The van der Waals surface area contributed by atoms with Gasteiger partial charge in [-0.05, 0) is 37.5 Å². The molecule has 0 spiro atoms. The van der Waals surface area contributed by atoms with Gasteiger partial charge in [-0.25, -0.2) is 4.79 Å². The molecule has 7 nitrogen and oxygen atoms in total. The lowest BCUT2D eigenvalue weighted by Crippen LogP contribution is -2.41. The van der Waals surface area contributed by atoms with Gasteiger partial charge in [-0.3, -0.25) is 13.9 Å². The minimum atomic E-state index is -0.253. The minimum Gasteiger partial charge on any atom is -0.380 e. The van der Waals surface area contributed by atoms with Crippen molar-refractivity contribution in [2.24, 2.45) is 5.92 Å². The van der Waals surface area contributed by atoms with Crippen LogP contribution in [0.2, 0.25) is 0 Å². The predicted molar refractivity (Wildman–Crippen MR) is 117 cm³/mol. The first-order chi connectivity index (χ1) is 13.3. The third-order valence-electron chi connectivity index (χ3n) is 4.88. The lowest BCUT2D eigenvalue weighted by atomic mass is 10.2. The summed E-state index contributed by atoms with van der Waals surface area (Å²) in [5.41, 5.74) is 0.503. The summed E-state index contributed by atoms with van der Waals surface area (Å²) in [5, 5.41) is 4.55. The molecule has 2 aromatic rings. The van der Waals surface area contributed by atoms with Gasteiger partial charge >= 0.3 is 5.69 Å². The van der Waals surface area contributed by atoms with E-state index in [0.29, 0.717) is 38.2 Å². The van der Waals surface area contributed by atoms with E-state index in [0.717, 1.165) is 33.5 Å². The molecule has 0 amide bonds. The number of nitrogens with one attached hydrogen (secondary N) is 1. The molecule has 1 fully saturated rings. The molecule has 3 heterocycles. The fourth-order valence-corrected chi connectivity index (χ4v) is 5.04. The molecule has 0 radical (unpaired) electrons. The molecule has 0 unspecified atom stereocenters. The van der Waals surface area contributed by atoms with E-state index >= 15 is 0 Å². The summed E-state index contributed by atoms with van der Waals surface area (Å²) >= 11 is 6.88. The summed E-state index contributed by atoms with van der Waals surface area (Å²) in [6.07, 6.45) is 0. The van der Waals surface area contributed by atoms with Crippen LogP contribution in [0.15, 0.2) is 9.59 Å². The molecular weight excluding hydrogens is 396 g/mol. The average molecular weight is 425 g/mol. The number of hydrogen-bond donors (Lipinski definition) is 1. The number of aryl methyl sites for hydroxylation is 1. The second kappa shape index (κ2) is 8.75.